The van der Waals surface area contributed by atoms with Crippen LogP contribution in [0.1, 0.15) is 63.5 Å². The number of hydrogen-bond acceptors (Lipinski definition) is 1. The number of rotatable bonds is 4. The van der Waals surface area contributed by atoms with Crippen LogP contribution >= 0.6 is 0 Å². The zero-order chi connectivity index (χ0) is 14.2. The van der Waals surface area contributed by atoms with Gasteiger partial charge in [-0.05, 0) is 67.0 Å². The third kappa shape index (κ3) is 2.02. The molecule has 1 aromatic carbocycles. The molecule has 3 rings (SSSR count). The van der Waals surface area contributed by atoms with E-state index in [9.17, 15) is 0 Å². The Hall–Kier alpha value is -0.820. The molecule has 0 bridgehead atoms. The first kappa shape index (κ1) is 14.1. The van der Waals surface area contributed by atoms with Crippen LogP contribution in [0.25, 0.3) is 0 Å². The second kappa shape index (κ2) is 5.52. The van der Waals surface area contributed by atoms with Crippen LogP contribution in [-0.2, 0) is 6.42 Å². The zero-order valence-corrected chi connectivity index (χ0v) is 13.3. The first-order valence-corrected chi connectivity index (χ1v) is 8.53. The van der Waals surface area contributed by atoms with E-state index in [2.05, 4.69) is 50.4 Å². The van der Waals surface area contributed by atoms with E-state index in [1.54, 1.807) is 11.1 Å². The van der Waals surface area contributed by atoms with Crippen LogP contribution in [0.3, 0.4) is 0 Å². The fraction of sp³-hybridized carbons (Fsp3) is 0.684. The van der Waals surface area contributed by atoms with Gasteiger partial charge >= 0.3 is 0 Å². The number of fused-ring (bicyclic) bond motifs is 3. The third-order valence-electron chi connectivity index (χ3n) is 6.03. The van der Waals surface area contributed by atoms with Crippen molar-refractivity contribution in [2.24, 2.45) is 11.3 Å². The van der Waals surface area contributed by atoms with Crippen molar-refractivity contribution in [2.75, 3.05) is 6.54 Å². The minimum Gasteiger partial charge on any atom is -0.313 e. The summed E-state index contributed by atoms with van der Waals surface area (Å²) in [7, 11) is 0. The molecule has 0 radical (unpaired) electrons. The molecule has 1 fully saturated rings. The number of benzene rings is 1. The highest BCUT2D eigenvalue weighted by Crippen LogP contribution is 2.61. The summed E-state index contributed by atoms with van der Waals surface area (Å²) >= 11 is 0. The Kier molecular flexibility index (Phi) is 3.90. The standard InChI is InChI=1S/C19H29N/c1-4-13-20-18-16-12-8-10-14-9-6-7-11-15(14)17(16)19(18,3)5-2/h6-7,9,11,16-18,20H,4-5,8,10,12-13H2,1-3H3. The normalized spacial score (nSPS) is 35.6. The van der Waals surface area contributed by atoms with Crippen molar-refractivity contribution in [1.82, 2.24) is 5.32 Å². The highest BCUT2D eigenvalue weighted by Gasteiger charge is 2.58. The maximum atomic E-state index is 3.87. The molecule has 0 spiro atoms. The first-order valence-electron chi connectivity index (χ1n) is 8.53. The van der Waals surface area contributed by atoms with Crippen LogP contribution in [0.4, 0.5) is 0 Å². The topological polar surface area (TPSA) is 12.0 Å². The van der Waals surface area contributed by atoms with Crippen LogP contribution in [0.5, 0.6) is 0 Å². The molecule has 20 heavy (non-hydrogen) atoms. The number of aryl methyl sites for hydroxylation is 1. The summed E-state index contributed by atoms with van der Waals surface area (Å²) in [5.41, 5.74) is 3.72. The van der Waals surface area contributed by atoms with Gasteiger partial charge in [0.05, 0.1) is 0 Å². The maximum absolute atomic E-state index is 3.87. The lowest BCUT2D eigenvalue weighted by molar-refractivity contribution is -0.0324. The molecule has 4 unspecified atom stereocenters. The molecule has 0 aliphatic heterocycles. The van der Waals surface area contributed by atoms with Crippen LogP contribution in [0, 0.1) is 11.3 Å². The fourth-order valence-electron chi connectivity index (χ4n) is 4.88. The molecule has 4 atom stereocenters. The van der Waals surface area contributed by atoms with Gasteiger partial charge in [-0.2, -0.15) is 0 Å². The smallest absolute Gasteiger partial charge is 0.0161 e. The summed E-state index contributed by atoms with van der Waals surface area (Å²) < 4.78 is 0. The molecule has 1 heteroatoms. The molecule has 2 aliphatic rings. The van der Waals surface area contributed by atoms with Crippen LogP contribution < -0.4 is 5.32 Å². The summed E-state index contributed by atoms with van der Waals surface area (Å²) in [5.74, 6) is 1.63. The summed E-state index contributed by atoms with van der Waals surface area (Å²) in [6.07, 6.45) is 6.57. The van der Waals surface area contributed by atoms with Gasteiger partial charge in [0.2, 0.25) is 0 Å². The predicted octanol–water partition coefficient (Wildman–Crippen LogP) is 4.52. The predicted molar refractivity (Wildman–Crippen MR) is 86.1 cm³/mol. The van der Waals surface area contributed by atoms with Crippen molar-refractivity contribution in [3.63, 3.8) is 0 Å². The molecule has 1 aromatic rings. The second-order valence-corrected chi connectivity index (χ2v) is 7.02. The van der Waals surface area contributed by atoms with Crippen molar-refractivity contribution in [3.05, 3.63) is 35.4 Å². The Balaban J connectivity index is 1.93. The van der Waals surface area contributed by atoms with E-state index < -0.39 is 0 Å². The van der Waals surface area contributed by atoms with Gasteiger partial charge in [-0.3, -0.25) is 0 Å². The van der Waals surface area contributed by atoms with Gasteiger partial charge in [-0.1, -0.05) is 45.0 Å². The van der Waals surface area contributed by atoms with Crippen LogP contribution in [0.15, 0.2) is 24.3 Å². The second-order valence-electron chi connectivity index (χ2n) is 7.02. The summed E-state index contributed by atoms with van der Waals surface area (Å²) in [6.45, 7) is 8.34. The van der Waals surface area contributed by atoms with Crippen molar-refractivity contribution < 1.29 is 0 Å². The summed E-state index contributed by atoms with van der Waals surface area (Å²) in [4.78, 5) is 0. The fourth-order valence-corrected chi connectivity index (χ4v) is 4.88. The van der Waals surface area contributed by atoms with Crippen molar-refractivity contribution in [2.45, 2.75) is 64.8 Å². The van der Waals surface area contributed by atoms with Gasteiger partial charge in [-0.25, -0.2) is 0 Å². The van der Waals surface area contributed by atoms with E-state index in [0.29, 0.717) is 5.41 Å². The third-order valence-corrected chi connectivity index (χ3v) is 6.03. The highest BCUT2D eigenvalue weighted by atomic mass is 15.0. The maximum Gasteiger partial charge on any atom is 0.0161 e. The van der Waals surface area contributed by atoms with E-state index in [-0.39, 0.29) is 0 Å². The average Bonchev–Trinajstić information content (AvgIpc) is 2.64. The number of nitrogens with one attached hydrogen (secondary N) is 1. The molecule has 0 saturated heterocycles. The molecule has 1 nitrogen and oxygen atoms in total. The quantitative estimate of drug-likeness (QED) is 0.849. The molecule has 1 saturated carbocycles. The lowest BCUT2D eigenvalue weighted by Gasteiger charge is -2.61. The molecule has 0 aromatic heterocycles. The SMILES string of the molecule is CCCNC1C2CCCc3ccccc3C2C1(C)CC. The van der Waals surface area contributed by atoms with E-state index in [1.165, 1.54) is 38.6 Å². The van der Waals surface area contributed by atoms with Crippen molar-refractivity contribution in [3.8, 4) is 0 Å². The molecular formula is C19H29N. The Labute approximate surface area is 124 Å². The van der Waals surface area contributed by atoms with Gasteiger partial charge in [0, 0.05) is 6.04 Å². The van der Waals surface area contributed by atoms with Crippen molar-refractivity contribution in [1.29, 1.82) is 0 Å². The Morgan fingerprint density at radius 1 is 1.25 bits per heavy atom. The molecule has 0 heterocycles. The van der Waals surface area contributed by atoms with Crippen LogP contribution in [-0.4, -0.2) is 12.6 Å². The number of hydrogen-bond donors (Lipinski definition) is 1. The average molecular weight is 271 g/mol. The Morgan fingerprint density at radius 3 is 2.80 bits per heavy atom. The van der Waals surface area contributed by atoms with Gasteiger partial charge in [-0.15, -0.1) is 0 Å². The first-order chi connectivity index (χ1) is 9.72. The monoisotopic (exact) mass is 271 g/mol. The van der Waals surface area contributed by atoms with Gasteiger partial charge in [0.25, 0.3) is 0 Å². The minimum absolute atomic E-state index is 0.445. The highest BCUT2D eigenvalue weighted by molar-refractivity contribution is 5.38. The van der Waals surface area contributed by atoms with Crippen molar-refractivity contribution >= 4 is 0 Å². The summed E-state index contributed by atoms with van der Waals surface area (Å²) in [6, 6.07) is 9.95. The van der Waals surface area contributed by atoms with Gasteiger partial charge in [0.1, 0.15) is 0 Å². The van der Waals surface area contributed by atoms with Crippen LogP contribution in [0.2, 0.25) is 0 Å². The van der Waals surface area contributed by atoms with Gasteiger partial charge < -0.3 is 5.32 Å². The molecular weight excluding hydrogens is 242 g/mol. The largest absolute Gasteiger partial charge is 0.313 e. The Morgan fingerprint density at radius 2 is 2.05 bits per heavy atom. The van der Waals surface area contributed by atoms with E-state index >= 15 is 0 Å². The zero-order valence-electron chi connectivity index (χ0n) is 13.3. The van der Waals surface area contributed by atoms with E-state index in [0.717, 1.165) is 17.9 Å². The lowest BCUT2D eigenvalue weighted by Crippen LogP contribution is -2.63. The molecule has 1 N–H and O–H groups in total. The minimum atomic E-state index is 0.445. The summed E-state index contributed by atoms with van der Waals surface area (Å²) in [5, 5.41) is 3.87. The van der Waals surface area contributed by atoms with E-state index in [4.69, 9.17) is 0 Å². The molecule has 0 amide bonds. The Bertz CT molecular complexity index is 467. The molecule has 110 valence electrons. The van der Waals surface area contributed by atoms with Gasteiger partial charge in [0.15, 0.2) is 0 Å². The van der Waals surface area contributed by atoms with E-state index in [1.807, 2.05) is 0 Å². The lowest BCUT2D eigenvalue weighted by atomic mass is 9.47. The molecule has 2 aliphatic carbocycles.